The molecular weight excluding hydrogens is 298 g/mol. The molecule has 0 fully saturated rings. The predicted octanol–water partition coefficient (Wildman–Crippen LogP) is 4.59. The minimum absolute atomic E-state index is 0.312. The number of aryl methyl sites for hydroxylation is 1. The molecule has 1 heterocycles. The second kappa shape index (κ2) is 6.03. The van der Waals surface area contributed by atoms with Crippen molar-refractivity contribution in [2.24, 2.45) is 0 Å². The Kier molecular flexibility index (Phi) is 3.94. The number of aromatic nitrogens is 2. The fourth-order valence-corrected chi connectivity index (χ4v) is 2.31. The van der Waals surface area contributed by atoms with Crippen LogP contribution in [0.2, 0.25) is 5.02 Å². The second-order valence-corrected chi connectivity index (χ2v) is 5.31. The molecule has 0 unspecified atom stereocenters. The number of hydrogen-bond acceptors (Lipinski definition) is 2. The van der Waals surface area contributed by atoms with E-state index in [0.717, 1.165) is 16.8 Å². The van der Waals surface area contributed by atoms with Crippen LogP contribution in [-0.4, -0.2) is 15.8 Å². The number of nitrogens with zero attached hydrogens (tertiary/aromatic N) is 2. The van der Waals surface area contributed by atoms with E-state index in [1.165, 1.54) is 4.68 Å². The molecule has 3 rings (SSSR count). The molecule has 5 heteroatoms. The lowest BCUT2D eigenvalue weighted by atomic mass is 10.1. The molecule has 0 saturated heterocycles. The fraction of sp³-hybridized carbons (Fsp3) is 0.0588. The van der Waals surface area contributed by atoms with Crippen LogP contribution < -0.4 is 5.32 Å². The van der Waals surface area contributed by atoms with Gasteiger partial charge in [0.25, 0.3) is 0 Å². The Bertz CT molecular complexity index is 795. The molecule has 2 aromatic carbocycles. The van der Waals surface area contributed by atoms with Crippen molar-refractivity contribution in [3.63, 3.8) is 0 Å². The molecule has 1 aromatic heterocycles. The molecule has 0 aliphatic rings. The van der Waals surface area contributed by atoms with Crippen LogP contribution in [0.25, 0.3) is 11.1 Å². The number of carbonyl (C=O) groups is 1. The normalized spacial score (nSPS) is 10.5. The van der Waals surface area contributed by atoms with Crippen LogP contribution in [0.4, 0.5) is 10.5 Å². The molecule has 110 valence electrons. The first kappa shape index (κ1) is 14.4. The zero-order valence-corrected chi connectivity index (χ0v) is 12.7. The van der Waals surface area contributed by atoms with Gasteiger partial charge in [-0.3, -0.25) is 0 Å². The van der Waals surface area contributed by atoms with Crippen molar-refractivity contribution in [1.29, 1.82) is 0 Å². The Labute approximate surface area is 133 Å². The molecule has 3 aromatic rings. The van der Waals surface area contributed by atoms with Gasteiger partial charge in [0.15, 0.2) is 0 Å². The summed E-state index contributed by atoms with van der Waals surface area (Å²) < 4.78 is 1.31. The topological polar surface area (TPSA) is 46.9 Å². The molecule has 0 aliphatic carbocycles. The van der Waals surface area contributed by atoms with Gasteiger partial charge in [0, 0.05) is 22.5 Å². The first-order valence-electron chi connectivity index (χ1n) is 6.82. The molecule has 22 heavy (non-hydrogen) atoms. The van der Waals surface area contributed by atoms with E-state index in [-0.39, 0.29) is 6.03 Å². The van der Waals surface area contributed by atoms with Gasteiger partial charge < -0.3 is 5.32 Å². The predicted molar refractivity (Wildman–Crippen MR) is 88.3 cm³/mol. The van der Waals surface area contributed by atoms with Gasteiger partial charge in [-0.2, -0.15) is 9.78 Å². The van der Waals surface area contributed by atoms with Crippen molar-refractivity contribution in [3.8, 4) is 11.1 Å². The number of benzene rings is 2. The van der Waals surface area contributed by atoms with Gasteiger partial charge in [0.05, 0.1) is 5.69 Å². The molecule has 0 atom stereocenters. The summed E-state index contributed by atoms with van der Waals surface area (Å²) in [6.07, 6.45) is 1.73. The number of halogens is 1. The highest BCUT2D eigenvalue weighted by Crippen LogP contribution is 2.22. The van der Waals surface area contributed by atoms with E-state index in [1.807, 2.05) is 37.3 Å². The number of hydrogen-bond donors (Lipinski definition) is 1. The summed E-state index contributed by atoms with van der Waals surface area (Å²) in [5.74, 6) is 0. The maximum absolute atomic E-state index is 12.3. The third-order valence-electron chi connectivity index (χ3n) is 3.29. The maximum Gasteiger partial charge on any atom is 0.346 e. The number of anilines is 1. The van der Waals surface area contributed by atoms with Crippen LogP contribution in [0.1, 0.15) is 5.69 Å². The third-order valence-corrected chi connectivity index (χ3v) is 3.54. The van der Waals surface area contributed by atoms with Gasteiger partial charge in [-0.15, -0.1) is 0 Å². The van der Waals surface area contributed by atoms with Crippen molar-refractivity contribution in [2.75, 3.05) is 5.32 Å². The molecule has 0 spiro atoms. The van der Waals surface area contributed by atoms with Crippen molar-refractivity contribution in [2.45, 2.75) is 6.92 Å². The van der Waals surface area contributed by atoms with Crippen LogP contribution in [0.5, 0.6) is 0 Å². The highest BCUT2D eigenvalue weighted by molar-refractivity contribution is 6.30. The zero-order chi connectivity index (χ0) is 15.5. The largest absolute Gasteiger partial charge is 0.346 e. The fourth-order valence-electron chi connectivity index (χ4n) is 2.18. The molecule has 0 bridgehead atoms. The summed E-state index contributed by atoms with van der Waals surface area (Å²) in [5, 5.41) is 7.68. The summed E-state index contributed by atoms with van der Waals surface area (Å²) in [4.78, 5) is 12.3. The van der Waals surface area contributed by atoms with E-state index in [4.69, 9.17) is 11.6 Å². The maximum atomic E-state index is 12.3. The Morgan fingerprint density at radius 3 is 2.45 bits per heavy atom. The zero-order valence-electron chi connectivity index (χ0n) is 12.0. The van der Waals surface area contributed by atoms with Crippen LogP contribution in [0.3, 0.4) is 0 Å². The summed E-state index contributed by atoms with van der Waals surface area (Å²) >= 11 is 5.83. The van der Waals surface area contributed by atoms with Gasteiger partial charge in [0.1, 0.15) is 0 Å². The highest BCUT2D eigenvalue weighted by atomic mass is 35.5. The van der Waals surface area contributed by atoms with E-state index < -0.39 is 0 Å². The molecule has 4 nitrogen and oxygen atoms in total. The lowest BCUT2D eigenvalue weighted by Crippen LogP contribution is -2.19. The van der Waals surface area contributed by atoms with Gasteiger partial charge in [-0.25, -0.2) is 4.79 Å². The first-order chi connectivity index (χ1) is 10.6. The van der Waals surface area contributed by atoms with E-state index in [9.17, 15) is 4.79 Å². The number of amides is 1. The molecule has 1 amide bonds. The average Bonchev–Trinajstić information content (AvgIpc) is 2.92. The van der Waals surface area contributed by atoms with Crippen molar-refractivity contribution >= 4 is 23.3 Å². The van der Waals surface area contributed by atoms with Crippen molar-refractivity contribution < 1.29 is 4.79 Å². The molecular formula is C17H14ClN3O. The smallest absolute Gasteiger partial charge is 0.306 e. The average molecular weight is 312 g/mol. The quantitative estimate of drug-likeness (QED) is 0.752. The van der Waals surface area contributed by atoms with Crippen LogP contribution in [0, 0.1) is 6.92 Å². The number of rotatable bonds is 2. The van der Waals surface area contributed by atoms with Crippen LogP contribution >= 0.6 is 11.6 Å². The molecule has 0 radical (unpaired) electrons. The van der Waals surface area contributed by atoms with E-state index in [1.54, 1.807) is 30.5 Å². The van der Waals surface area contributed by atoms with E-state index in [0.29, 0.717) is 10.7 Å². The highest BCUT2D eigenvalue weighted by Gasteiger charge is 2.12. The summed E-state index contributed by atoms with van der Waals surface area (Å²) in [5.41, 5.74) is 3.44. The molecule has 0 saturated carbocycles. The van der Waals surface area contributed by atoms with Gasteiger partial charge >= 0.3 is 6.03 Å². The SMILES string of the molecule is Cc1nn(C(=O)Nc2ccc(Cl)cc2)cc1-c1ccccc1. The lowest BCUT2D eigenvalue weighted by Gasteiger charge is -2.04. The lowest BCUT2D eigenvalue weighted by molar-refractivity contribution is 0.251. The minimum Gasteiger partial charge on any atom is -0.306 e. The number of carbonyl (C=O) groups excluding carboxylic acids is 1. The summed E-state index contributed by atoms with van der Waals surface area (Å²) in [6.45, 7) is 1.88. The molecule has 1 N–H and O–H groups in total. The number of nitrogens with one attached hydrogen (secondary N) is 1. The Balaban J connectivity index is 1.83. The molecule has 0 aliphatic heterocycles. The van der Waals surface area contributed by atoms with E-state index in [2.05, 4.69) is 10.4 Å². The standard InChI is InChI=1S/C17H14ClN3O/c1-12-16(13-5-3-2-4-6-13)11-21(20-12)17(22)19-15-9-7-14(18)8-10-15/h2-11H,1H3,(H,19,22). The Morgan fingerprint density at radius 1 is 1.09 bits per heavy atom. The van der Waals surface area contributed by atoms with Crippen molar-refractivity contribution in [1.82, 2.24) is 9.78 Å². The van der Waals surface area contributed by atoms with Crippen molar-refractivity contribution in [3.05, 3.63) is 71.5 Å². The van der Waals surface area contributed by atoms with Gasteiger partial charge in [-0.1, -0.05) is 41.9 Å². The first-order valence-corrected chi connectivity index (χ1v) is 7.20. The summed E-state index contributed by atoms with van der Waals surface area (Å²) in [7, 11) is 0. The second-order valence-electron chi connectivity index (χ2n) is 4.88. The Morgan fingerprint density at radius 2 is 1.77 bits per heavy atom. The monoisotopic (exact) mass is 311 g/mol. The van der Waals surface area contributed by atoms with Crippen LogP contribution in [0.15, 0.2) is 60.8 Å². The Hall–Kier alpha value is -2.59. The van der Waals surface area contributed by atoms with E-state index >= 15 is 0 Å². The van der Waals surface area contributed by atoms with Gasteiger partial charge in [-0.05, 0) is 36.8 Å². The van der Waals surface area contributed by atoms with Gasteiger partial charge in [0.2, 0.25) is 0 Å². The minimum atomic E-state index is -0.312. The van der Waals surface area contributed by atoms with Crippen LogP contribution in [-0.2, 0) is 0 Å². The summed E-state index contributed by atoms with van der Waals surface area (Å²) in [6, 6.07) is 16.5. The third kappa shape index (κ3) is 3.02.